The number of halogens is 1. The van der Waals surface area contributed by atoms with E-state index >= 15 is 0 Å². The fraction of sp³-hybridized carbons (Fsp3) is 0.231. The molecule has 1 saturated heterocycles. The molecule has 1 aromatic heterocycles. The lowest BCUT2D eigenvalue weighted by atomic mass is 10.1. The SMILES string of the molecule is CC(C)COC(=O)CN1C(=O)S/C(=C\c2cn(CC(=O)Nc3ccc(F)cc3)c3ccccc23)C1=O. The molecule has 1 aliphatic heterocycles. The number of hydrogen-bond donors (Lipinski definition) is 1. The van der Waals surface area contributed by atoms with Crippen LogP contribution in [0.25, 0.3) is 17.0 Å². The van der Waals surface area contributed by atoms with Crippen LogP contribution in [0.1, 0.15) is 19.4 Å². The smallest absolute Gasteiger partial charge is 0.326 e. The number of anilines is 1. The molecule has 0 saturated carbocycles. The fourth-order valence-electron chi connectivity index (χ4n) is 3.62. The van der Waals surface area contributed by atoms with Gasteiger partial charge in [-0.05, 0) is 54.1 Å². The highest BCUT2D eigenvalue weighted by atomic mass is 32.2. The maximum absolute atomic E-state index is 13.1. The molecule has 1 fully saturated rings. The van der Waals surface area contributed by atoms with Crippen molar-refractivity contribution in [1.29, 1.82) is 0 Å². The van der Waals surface area contributed by atoms with Crippen LogP contribution in [0, 0.1) is 11.7 Å². The highest BCUT2D eigenvalue weighted by molar-refractivity contribution is 8.18. The molecule has 0 bridgehead atoms. The van der Waals surface area contributed by atoms with Gasteiger partial charge in [0.2, 0.25) is 5.91 Å². The Morgan fingerprint density at radius 3 is 2.53 bits per heavy atom. The van der Waals surface area contributed by atoms with Crippen LogP contribution in [0.2, 0.25) is 0 Å². The predicted octanol–water partition coefficient (Wildman–Crippen LogP) is 4.65. The maximum Gasteiger partial charge on any atom is 0.326 e. The first-order valence-electron chi connectivity index (χ1n) is 11.3. The van der Waals surface area contributed by atoms with E-state index in [1.54, 1.807) is 16.8 Å². The second-order valence-corrected chi connectivity index (χ2v) is 9.62. The molecule has 10 heteroatoms. The number of amides is 3. The summed E-state index contributed by atoms with van der Waals surface area (Å²) in [6.07, 6.45) is 3.31. The van der Waals surface area contributed by atoms with Crippen molar-refractivity contribution in [2.75, 3.05) is 18.5 Å². The molecular weight excluding hydrogens is 485 g/mol. The van der Waals surface area contributed by atoms with Gasteiger partial charge in [-0.2, -0.15) is 0 Å². The first-order chi connectivity index (χ1) is 17.2. The van der Waals surface area contributed by atoms with E-state index in [1.165, 1.54) is 24.3 Å². The van der Waals surface area contributed by atoms with Crippen molar-refractivity contribution in [3.05, 3.63) is 71.0 Å². The van der Waals surface area contributed by atoms with Crippen molar-refractivity contribution in [3.8, 4) is 0 Å². The first kappa shape index (κ1) is 25.2. The zero-order valence-electron chi connectivity index (χ0n) is 19.7. The van der Waals surface area contributed by atoms with Crippen molar-refractivity contribution in [2.24, 2.45) is 5.92 Å². The van der Waals surface area contributed by atoms with Crippen LogP contribution in [0.3, 0.4) is 0 Å². The van der Waals surface area contributed by atoms with Crippen LogP contribution in [-0.2, 0) is 25.7 Å². The highest BCUT2D eigenvalue weighted by Crippen LogP contribution is 2.34. The molecule has 2 aromatic carbocycles. The number of para-hydroxylation sites is 1. The number of carbonyl (C=O) groups excluding carboxylic acids is 4. The lowest BCUT2D eigenvalue weighted by molar-refractivity contribution is -0.147. The van der Waals surface area contributed by atoms with Gasteiger partial charge in [-0.3, -0.25) is 24.1 Å². The van der Waals surface area contributed by atoms with Crippen LogP contribution in [0.15, 0.2) is 59.6 Å². The number of ether oxygens (including phenoxy) is 1. The Morgan fingerprint density at radius 2 is 1.81 bits per heavy atom. The number of rotatable bonds is 8. The molecule has 3 amide bonds. The van der Waals surface area contributed by atoms with Gasteiger partial charge in [-0.15, -0.1) is 0 Å². The zero-order chi connectivity index (χ0) is 25.8. The summed E-state index contributed by atoms with van der Waals surface area (Å²) in [4.78, 5) is 50.9. The van der Waals surface area contributed by atoms with Crippen molar-refractivity contribution in [1.82, 2.24) is 9.47 Å². The topological polar surface area (TPSA) is 97.7 Å². The summed E-state index contributed by atoms with van der Waals surface area (Å²) in [5.41, 5.74) is 1.88. The van der Waals surface area contributed by atoms with Gasteiger partial charge >= 0.3 is 5.97 Å². The third kappa shape index (κ3) is 5.83. The summed E-state index contributed by atoms with van der Waals surface area (Å²) in [6.45, 7) is 3.52. The molecule has 1 aliphatic rings. The molecule has 0 spiro atoms. The number of imide groups is 1. The Morgan fingerprint density at radius 1 is 1.08 bits per heavy atom. The molecule has 36 heavy (non-hydrogen) atoms. The summed E-state index contributed by atoms with van der Waals surface area (Å²) < 4.78 is 19.9. The lowest BCUT2D eigenvalue weighted by Crippen LogP contribution is -2.34. The second kappa shape index (κ2) is 10.8. The molecule has 2 heterocycles. The number of benzene rings is 2. The Balaban J connectivity index is 1.53. The van der Waals surface area contributed by atoms with E-state index in [4.69, 9.17) is 4.74 Å². The molecule has 0 radical (unpaired) electrons. The van der Waals surface area contributed by atoms with E-state index in [0.29, 0.717) is 11.3 Å². The van der Waals surface area contributed by atoms with E-state index in [9.17, 15) is 23.6 Å². The molecule has 8 nitrogen and oxygen atoms in total. The average molecular weight is 510 g/mol. The van der Waals surface area contributed by atoms with Crippen molar-refractivity contribution in [3.63, 3.8) is 0 Å². The Kier molecular flexibility index (Phi) is 7.54. The number of fused-ring (bicyclic) bond motifs is 1. The Bertz CT molecular complexity index is 1360. The summed E-state index contributed by atoms with van der Waals surface area (Å²) in [7, 11) is 0. The predicted molar refractivity (Wildman–Crippen MR) is 135 cm³/mol. The lowest BCUT2D eigenvalue weighted by Gasteiger charge is -2.12. The number of thioether (sulfide) groups is 1. The quantitative estimate of drug-likeness (QED) is 0.351. The molecule has 0 unspecified atom stereocenters. The summed E-state index contributed by atoms with van der Waals surface area (Å²) >= 11 is 0.749. The maximum atomic E-state index is 13.1. The second-order valence-electron chi connectivity index (χ2n) is 8.63. The number of carbonyl (C=O) groups is 4. The van der Waals surface area contributed by atoms with Gasteiger partial charge in [-0.25, -0.2) is 4.39 Å². The number of nitrogens with zero attached hydrogens (tertiary/aromatic N) is 2. The molecule has 1 N–H and O–H groups in total. The molecular formula is C26H24FN3O5S. The minimum Gasteiger partial charge on any atom is -0.464 e. The average Bonchev–Trinajstić information content (AvgIpc) is 3.31. The van der Waals surface area contributed by atoms with E-state index in [-0.39, 0.29) is 29.9 Å². The highest BCUT2D eigenvalue weighted by Gasteiger charge is 2.37. The van der Waals surface area contributed by atoms with Gasteiger partial charge in [-0.1, -0.05) is 32.0 Å². The van der Waals surface area contributed by atoms with E-state index in [0.717, 1.165) is 27.6 Å². The molecule has 4 rings (SSSR count). The molecule has 3 aromatic rings. The minimum absolute atomic E-state index is 0.0189. The third-order valence-corrected chi connectivity index (χ3v) is 6.19. The van der Waals surface area contributed by atoms with Gasteiger partial charge in [0.25, 0.3) is 11.1 Å². The Hall–Kier alpha value is -3.92. The van der Waals surface area contributed by atoms with Crippen LogP contribution in [-0.4, -0.2) is 45.6 Å². The van der Waals surface area contributed by atoms with Crippen LogP contribution in [0.5, 0.6) is 0 Å². The van der Waals surface area contributed by atoms with Gasteiger partial charge in [0.05, 0.1) is 11.5 Å². The number of esters is 1. The van der Waals surface area contributed by atoms with E-state index < -0.39 is 29.5 Å². The van der Waals surface area contributed by atoms with Gasteiger partial charge in [0.15, 0.2) is 0 Å². The monoisotopic (exact) mass is 509 g/mol. The zero-order valence-corrected chi connectivity index (χ0v) is 20.5. The third-order valence-electron chi connectivity index (χ3n) is 5.29. The van der Waals surface area contributed by atoms with Crippen molar-refractivity contribution < 1.29 is 28.3 Å². The molecule has 0 aliphatic carbocycles. The number of hydrogen-bond acceptors (Lipinski definition) is 6. The van der Waals surface area contributed by atoms with Crippen LogP contribution >= 0.6 is 11.8 Å². The van der Waals surface area contributed by atoms with E-state index in [2.05, 4.69) is 5.32 Å². The summed E-state index contributed by atoms with van der Waals surface area (Å²) in [5, 5.41) is 2.96. The van der Waals surface area contributed by atoms with E-state index in [1.807, 2.05) is 38.1 Å². The standard InChI is InChI=1S/C26H24FN3O5S/c1-16(2)15-35-24(32)14-30-25(33)22(36-26(30)34)11-17-12-29(21-6-4-3-5-20(17)21)13-23(31)28-19-9-7-18(27)8-10-19/h3-12,16H,13-15H2,1-2H3,(H,28,31)/b22-11-. The van der Waals surface area contributed by atoms with Gasteiger partial charge < -0.3 is 14.6 Å². The number of aromatic nitrogens is 1. The van der Waals surface area contributed by atoms with Crippen LogP contribution in [0.4, 0.5) is 14.9 Å². The fourth-order valence-corrected chi connectivity index (χ4v) is 4.45. The van der Waals surface area contributed by atoms with Crippen molar-refractivity contribution in [2.45, 2.75) is 20.4 Å². The molecule has 0 atom stereocenters. The van der Waals surface area contributed by atoms with Gasteiger partial charge in [0, 0.05) is 28.4 Å². The van der Waals surface area contributed by atoms with Gasteiger partial charge in [0.1, 0.15) is 18.9 Å². The largest absolute Gasteiger partial charge is 0.464 e. The van der Waals surface area contributed by atoms with Crippen LogP contribution < -0.4 is 5.32 Å². The minimum atomic E-state index is -0.643. The summed E-state index contributed by atoms with van der Waals surface area (Å²) in [5.74, 6) is -1.78. The van der Waals surface area contributed by atoms with Crippen molar-refractivity contribution >= 4 is 57.5 Å². The Labute approximate surface area is 211 Å². The molecule has 186 valence electrons. The first-order valence-corrected chi connectivity index (χ1v) is 12.1. The normalized spacial score (nSPS) is 14.8. The number of nitrogens with one attached hydrogen (secondary N) is 1. The summed E-state index contributed by atoms with van der Waals surface area (Å²) in [6, 6.07) is 12.8.